The molecule has 82 valence electrons. The molecule has 4 heteroatoms. The maximum Gasteiger partial charge on any atom is 0.188 e. The molecule has 3 nitrogen and oxygen atoms in total. The van der Waals surface area contributed by atoms with Gasteiger partial charge in [-0.3, -0.25) is 4.57 Å². The van der Waals surface area contributed by atoms with Crippen LogP contribution in [0.4, 0.5) is 5.69 Å². The minimum absolute atomic E-state index is 0.405. The van der Waals surface area contributed by atoms with Gasteiger partial charge in [0.05, 0.1) is 6.61 Å². The van der Waals surface area contributed by atoms with Crippen LogP contribution in [0.2, 0.25) is 0 Å². The van der Waals surface area contributed by atoms with E-state index in [1.807, 2.05) is 43.5 Å². The van der Waals surface area contributed by atoms with Gasteiger partial charge in [0, 0.05) is 19.4 Å². The van der Waals surface area contributed by atoms with E-state index in [1.54, 1.807) is 6.66 Å². The molecule has 1 N–H and O–H groups in total. The van der Waals surface area contributed by atoms with E-state index in [9.17, 15) is 4.57 Å². The van der Waals surface area contributed by atoms with Gasteiger partial charge < -0.3 is 9.84 Å². The summed E-state index contributed by atoms with van der Waals surface area (Å²) in [5, 5.41) is 3.05. The number of nitrogens with one attached hydrogen (secondary N) is 1. The summed E-state index contributed by atoms with van der Waals surface area (Å²) in [6, 6.07) is 8.03. The molecule has 0 saturated carbocycles. The largest absolute Gasteiger partial charge is 0.388 e. The molecule has 0 aromatic heterocycles. The molecule has 15 heavy (non-hydrogen) atoms. The van der Waals surface area contributed by atoms with Crippen LogP contribution in [0, 0.1) is 0 Å². The molecule has 1 aromatic rings. The Kier molecular flexibility index (Phi) is 5.16. The number of anilines is 1. The summed E-state index contributed by atoms with van der Waals surface area (Å²) in [6.45, 7) is 1.99. The maximum absolute atomic E-state index is 10.7. The molecule has 0 fully saturated rings. The monoisotopic (exact) mass is 225 g/mol. The van der Waals surface area contributed by atoms with Gasteiger partial charge in [0.1, 0.15) is 0 Å². The van der Waals surface area contributed by atoms with E-state index in [2.05, 4.69) is 5.32 Å². The van der Waals surface area contributed by atoms with Gasteiger partial charge in [-0.25, -0.2) is 0 Å². The van der Waals surface area contributed by atoms with E-state index in [-0.39, 0.29) is 0 Å². The molecule has 0 aliphatic heterocycles. The first-order valence-electron chi connectivity index (χ1n) is 4.80. The highest BCUT2D eigenvalue weighted by Gasteiger charge is 1.89. The van der Waals surface area contributed by atoms with Crippen molar-refractivity contribution in [3.05, 3.63) is 35.9 Å². The van der Waals surface area contributed by atoms with Crippen molar-refractivity contribution in [2.75, 3.05) is 25.6 Å². The summed E-state index contributed by atoms with van der Waals surface area (Å²) in [6.07, 6.45) is 3.81. The van der Waals surface area contributed by atoms with E-state index >= 15 is 0 Å². The highest BCUT2D eigenvalue weighted by molar-refractivity contribution is 7.38. The first-order valence-corrected chi connectivity index (χ1v) is 6.62. The van der Waals surface area contributed by atoms with Crippen molar-refractivity contribution in [2.45, 2.75) is 0 Å². The summed E-state index contributed by atoms with van der Waals surface area (Å²) in [4.78, 5) is 0. The molecule has 1 atom stereocenters. The molecule has 0 heterocycles. The fourth-order valence-electron chi connectivity index (χ4n) is 1.11. The summed E-state index contributed by atoms with van der Waals surface area (Å²) in [5.41, 5.74) is 2.19. The zero-order valence-corrected chi connectivity index (χ0v) is 9.99. The molecule has 0 radical (unpaired) electrons. The molecule has 0 spiro atoms. The third-order valence-electron chi connectivity index (χ3n) is 1.89. The van der Waals surface area contributed by atoms with Gasteiger partial charge in [0.15, 0.2) is 8.03 Å². The Morgan fingerprint density at radius 3 is 2.60 bits per heavy atom. The predicted molar refractivity (Wildman–Crippen MR) is 65.9 cm³/mol. The lowest BCUT2D eigenvalue weighted by Gasteiger charge is -1.99. The number of benzene rings is 1. The standard InChI is InChI=1S/C11H16NO2P/c1-12-11-7-5-10(6-8-11)4-3-9-14-15(2)13/h3-8,12,15H,9H2,1-2H3/b4-3+. The Labute approximate surface area is 91.0 Å². The van der Waals surface area contributed by atoms with Crippen LogP contribution in [-0.4, -0.2) is 20.3 Å². The molecule has 0 bridgehead atoms. The molecule has 0 amide bonds. The molecule has 1 rings (SSSR count). The van der Waals surface area contributed by atoms with Crippen LogP contribution in [0.25, 0.3) is 6.08 Å². The highest BCUT2D eigenvalue weighted by atomic mass is 31.1. The summed E-state index contributed by atoms with van der Waals surface area (Å²) >= 11 is 0. The maximum atomic E-state index is 10.7. The smallest absolute Gasteiger partial charge is 0.188 e. The van der Waals surface area contributed by atoms with Crippen LogP contribution in [0.3, 0.4) is 0 Å². The molecule has 0 saturated heterocycles. The minimum atomic E-state index is -1.81. The SMILES string of the molecule is CNc1ccc(/C=C/CO[PH](C)=O)cc1. The van der Waals surface area contributed by atoms with E-state index in [1.165, 1.54) is 0 Å². The topological polar surface area (TPSA) is 38.3 Å². The zero-order chi connectivity index (χ0) is 11.1. The van der Waals surface area contributed by atoms with E-state index in [0.29, 0.717) is 6.61 Å². The lowest BCUT2D eigenvalue weighted by atomic mass is 10.2. The van der Waals surface area contributed by atoms with E-state index in [0.717, 1.165) is 11.3 Å². The second-order valence-electron chi connectivity index (χ2n) is 3.08. The van der Waals surface area contributed by atoms with Crippen molar-refractivity contribution in [3.63, 3.8) is 0 Å². The number of hydrogen-bond donors (Lipinski definition) is 1. The first kappa shape index (κ1) is 12.0. The van der Waals surface area contributed by atoms with Crippen LogP contribution < -0.4 is 5.32 Å². The fourth-order valence-corrected chi connectivity index (χ4v) is 1.44. The normalized spacial score (nSPS) is 12.9. The molecule has 1 aromatic carbocycles. The van der Waals surface area contributed by atoms with Crippen molar-refractivity contribution in [2.24, 2.45) is 0 Å². The van der Waals surface area contributed by atoms with E-state index < -0.39 is 8.03 Å². The van der Waals surface area contributed by atoms with Crippen molar-refractivity contribution >= 4 is 19.8 Å². The second-order valence-corrected chi connectivity index (χ2v) is 4.35. The highest BCUT2D eigenvalue weighted by Crippen LogP contribution is 2.15. The Morgan fingerprint density at radius 1 is 1.40 bits per heavy atom. The third kappa shape index (κ3) is 4.82. The Balaban J connectivity index is 2.46. The fraction of sp³-hybridized carbons (Fsp3) is 0.273. The second kappa shape index (κ2) is 6.44. The van der Waals surface area contributed by atoms with Crippen LogP contribution >= 0.6 is 8.03 Å². The number of rotatable bonds is 5. The summed E-state index contributed by atoms with van der Waals surface area (Å²) < 4.78 is 15.6. The molecular weight excluding hydrogens is 209 g/mol. The zero-order valence-electron chi connectivity index (χ0n) is 8.99. The average Bonchev–Trinajstić information content (AvgIpc) is 2.25. The van der Waals surface area contributed by atoms with Gasteiger partial charge >= 0.3 is 0 Å². The molecular formula is C11H16NO2P. The van der Waals surface area contributed by atoms with Crippen molar-refractivity contribution < 1.29 is 9.09 Å². The van der Waals surface area contributed by atoms with E-state index in [4.69, 9.17) is 4.52 Å². The molecule has 0 aliphatic carbocycles. The first-order chi connectivity index (χ1) is 7.22. The van der Waals surface area contributed by atoms with Crippen molar-refractivity contribution in [1.82, 2.24) is 0 Å². The third-order valence-corrected chi connectivity index (χ3v) is 2.47. The van der Waals surface area contributed by atoms with Gasteiger partial charge in [-0.2, -0.15) is 0 Å². The Hall–Kier alpha value is -1.05. The van der Waals surface area contributed by atoms with Gasteiger partial charge in [-0.1, -0.05) is 24.3 Å². The van der Waals surface area contributed by atoms with Crippen LogP contribution in [0.1, 0.15) is 5.56 Å². The molecule has 0 aliphatic rings. The summed E-state index contributed by atoms with van der Waals surface area (Å²) in [7, 11) is 0.0764. The van der Waals surface area contributed by atoms with Gasteiger partial charge in [-0.15, -0.1) is 0 Å². The minimum Gasteiger partial charge on any atom is -0.388 e. The van der Waals surface area contributed by atoms with Crippen LogP contribution in [-0.2, 0) is 9.09 Å². The quantitative estimate of drug-likeness (QED) is 0.783. The Bertz CT molecular complexity index is 346. The summed E-state index contributed by atoms with van der Waals surface area (Å²) in [5.74, 6) is 0. The molecule has 1 unspecified atom stereocenters. The predicted octanol–water partition coefficient (Wildman–Crippen LogP) is 2.86. The Morgan fingerprint density at radius 2 is 2.07 bits per heavy atom. The van der Waals surface area contributed by atoms with Crippen molar-refractivity contribution in [3.8, 4) is 0 Å². The van der Waals surface area contributed by atoms with Gasteiger partial charge in [-0.05, 0) is 17.7 Å². The van der Waals surface area contributed by atoms with Crippen LogP contribution in [0.5, 0.6) is 0 Å². The number of hydrogen-bond acceptors (Lipinski definition) is 3. The lowest BCUT2D eigenvalue weighted by Crippen LogP contribution is -1.86. The average molecular weight is 225 g/mol. The lowest BCUT2D eigenvalue weighted by molar-refractivity contribution is 0.376. The van der Waals surface area contributed by atoms with Gasteiger partial charge in [0.25, 0.3) is 0 Å². The van der Waals surface area contributed by atoms with Gasteiger partial charge in [0.2, 0.25) is 0 Å². The van der Waals surface area contributed by atoms with Crippen molar-refractivity contribution in [1.29, 1.82) is 0 Å². The van der Waals surface area contributed by atoms with Crippen LogP contribution in [0.15, 0.2) is 30.3 Å².